The molecule has 1 aromatic heterocycles. The molecule has 2 aromatic carbocycles. The third-order valence-electron chi connectivity index (χ3n) is 4.75. The summed E-state index contributed by atoms with van der Waals surface area (Å²) in [4.78, 5) is 30.7. The lowest BCUT2D eigenvalue weighted by atomic mass is 9.96. The SMILES string of the molecule is O=C1C(=O)N(c2ccc(F)c(F)c2)C(c2ccncc2)/C1=C(\O)c1cccc(Cl)c1. The predicted octanol–water partition coefficient (Wildman–Crippen LogP) is 4.64. The maximum atomic E-state index is 13.9. The molecular weight excluding hydrogens is 414 g/mol. The molecule has 0 spiro atoms. The first-order valence-electron chi connectivity index (χ1n) is 8.80. The van der Waals surface area contributed by atoms with Crippen LogP contribution in [0.4, 0.5) is 14.5 Å². The highest BCUT2D eigenvalue weighted by Crippen LogP contribution is 2.42. The van der Waals surface area contributed by atoms with Gasteiger partial charge in [-0.3, -0.25) is 19.5 Å². The Balaban J connectivity index is 1.96. The van der Waals surface area contributed by atoms with Crippen molar-refractivity contribution in [2.24, 2.45) is 0 Å². The molecule has 8 heteroatoms. The summed E-state index contributed by atoms with van der Waals surface area (Å²) in [6, 6.07) is 11.1. The first-order valence-corrected chi connectivity index (χ1v) is 9.18. The van der Waals surface area contributed by atoms with Crippen LogP contribution in [0.3, 0.4) is 0 Å². The van der Waals surface area contributed by atoms with Gasteiger partial charge in [-0.15, -0.1) is 0 Å². The number of halogens is 3. The third kappa shape index (κ3) is 3.33. The number of pyridine rings is 1. The molecular formula is C22H13ClF2N2O3. The Kier molecular flexibility index (Phi) is 5.05. The molecule has 30 heavy (non-hydrogen) atoms. The largest absolute Gasteiger partial charge is 0.507 e. The Bertz CT molecular complexity index is 1200. The first kappa shape index (κ1) is 19.7. The molecule has 1 N–H and O–H groups in total. The van der Waals surface area contributed by atoms with Crippen molar-refractivity contribution in [2.75, 3.05) is 4.90 Å². The number of anilines is 1. The first-order chi connectivity index (χ1) is 14.4. The molecule has 150 valence electrons. The van der Waals surface area contributed by atoms with E-state index in [2.05, 4.69) is 4.98 Å². The molecule has 5 nitrogen and oxygen atoms in total. The van der Waals surface area contributed by atoms with Gasteiger partial charge in [0.1, 0.15) is 5.76 Å². The van der Waals surface area contributed by atoms with Crippen LogP contribution >= 0.6 is 11.6 Å². The highest BCUT2D eigenvalue weighted by Gasteiger charge is 2.47. The number of nitrogens with zero attached hydrogens (tertiary/aromatic N) is 2. The molecule has 0 radical (unpaired) electrons. The number of hydrogen-bond acceptors (Lipinski definition) is 4. The van der Waals surface area contributed by atoms with Crippen molar-refractivity contribution < 1.29 is 23.5 Å². The van der Waals surface area contributed by atoms with Crippen LogP contribution in [0.1, 0.15) is 17.2 Å². The van der Waals surface area contributed by atoms with Gasteiger partial charge in [-0.25, -0.2) is 8.78 Å². The number of benzene rings is 2. The van der Waals surface area contributed by atoms with Crippen LogP contribution < -0.4 is 4.90 Å². The lowest BCUT2D eigenvalue weighted by molar-refractivity contribution is -0.132. The number of carbonyl (C=O) groups excluding carboxylic acids is 2. The molecule has 0 saturated carbocycles. The summed E-state index contributed by atoms with van der Waals surface area (Å²) in [6.07, 6.45) is 2.92. The van der Waals surface area contributed by atoms with E-state index in [4.69, 9.17) is 11.6 Å². The highest BCUT2D eigenvalue weighted by molar-refractivity contribution is 6.51. The quantitative estimate of drug-likeness (QED) is 0.376. The van der Waals surface area contributed by atoms with E-state index in [-0.39, 0.29) is 16.8 Å². The molecule has 1 amide bonds. The van der Waals surface area contributed by atoms with E-state index in [0.29, 0.717) is 10.6 Å². The molecule has 0 aliphatic carbocycles. The van der Waals surface area contributed by atoms with E-state index in [0.717, 1.165) is 17.0 Å². The number of hydrogen-bond donors (Lipinski definition) is 1. The zero-order chi connectivity index (χ0) is 21.4. The molecule has 1 saturated heterocycles. The summed E-state index contributed by atoms with van der Waals surface area (Å²) in [5.41, 5.74) is 0.475. The number of Topliss-reactive ketones (excluding diaryl/α,β-unsaturated/α-hetero) is 1. The monoisotopic (exact) mass is 426 g/mol. The normalized spacial score (nSPS) is 18.1. The van der Waals surface area contributed by atoms with Crippen molar-refractivity contribution in [1.29, 1.82) is 0 Å². The molecule has 2 heterocycles. The highest BCUT2D eigenvalue weighted by atomic mass is 35.5. The van der Waals surface area contributed by atoms with Crippen molar-refractivity contribution in [3.63, 3.8) is 0 Å². The van der Waals surface area contributed by atoms with Gasteiger partial charge in [0.2, 0.25) is 0 Å². The van der Waals surface area contributed by atoms with E-state index in [1.807, 2.05) is 0 Å². The van der Waals surface area contributed by atoms with Gasteiger partial charge in [-0.05, 0) is 42.0 Å². The van der Waals surface area contributed by atoms with Crippen LogP contribution in [0.2, 0.25) is 5.02 Å². The van der Waals surface area contributed by atoms with E-state index < -0.39 is 35.1 Å². The van der Waals surface area contributed by atoms with Crippen LogP contribution in [0.25, 0.3) is 5.76 Å². The van der Waals surface area contributed by atoms with Crippen LogP contribution in [0, 0.1) is 11.6 Å². The number of carbonyl (C=O) groups is 2. The fourth-order valence-electron chi connectivity index (χ4n) is 3.39. The average molecular weight is 427 g/mol. The van der Waals surface area contributed by atoms with E-state index in [9.17, 15) is 23.5 Å². The van der Waals surface area contributed by atoms with Gasteiger partial charge in [0.25, 0.3) is 11.7 Å². The van der Waals surface area contributed by atoms with Crippen LogP contribution in [0.5, 0.6) is 0 Å². The molecule has 1 fully saturated rings. The number of ketones is 1. The molecule has 0 bridgehead atoms. The van der Waals surface area contributed by atoms with Crippen LogP contribution in [0.15, 0.2) is 72.6 Å². The summed E-state index contributed by atoms with van der Waals surface area (Å²) in [5.74, 6) is -4.62. The smallest absolute Gasteiger partial charge is 0.300 e. The summed E-state index contributed by atoms with van der Waals surface area (Å²) >= 11 is 5.99. The van der Waals surface area contributed by atoms with Gasteiger partial charge >= 0.3 is 0 Å². The van der Waals surface area contributed by atoms with Gasteiger partial charge in [0.15, 0.2) is 11.6 Å². The zero-order valence-electron chi connectivity index (χ0n) is 15.2. The summed E-state index contributed by atoms with van der Waals surface area (Å²) in [6.45, 7) is 0. The van der Waals surface area contributed by atoms with Crippen molar-refractivity contribution in [1.82, 2.24) is 4.98 Å². The third-order valence-corrected chi connectivity index (χ3v) is 4.98. The van der Waals surface area contributed by atoms with E-state index >= 15 is 0 Å². The number of aliphatic hydroxyl groups excluding tert-OH is 1. The fraction of sp³-hybridized carbons (Fsp3) is 0.0455. The second kappa shape index (κ2) is 7.68. The minimum Gasteiger partial charge on any atom is -0.507 e. The van der Waals surface area contributed by atoms with Gasteiger partial charge in [0, 0.05) is 34.7 Å². The Morgan fingerprint density at radius 2 is 1.73 bits per heavy atom. The Morgan fingerprint density at radius 1 is 1.00 bits per heavy atom. The predicted molar refractivity (Wildman–Crippen MR) is 107 cm³/mol. The topological polar surface area (TPSA) is 70.5 Å². The second-order valence-corrected chi connectivity index (χ2v) is 6.99. The molecule has 3 aromatic rings. The van der Waals surface area contributed by atoms with Crippen molar-refractivity contribution in [3.05, 3.63) is 100 Å². The van der Waals surface area contributed by atoms with Gasteiger partial charge in [-0.2, -0.15) is 0 Å². The maximum absolute atomic E-state index is 13.9. The lowest BCUT2D eigenvalue weighted by Gasteiger charge is -2.25. The van der Waals surface area contributed by atoms with Crippen molar-refractivity contribution >= 4 is 34.7 Å². The average Bonchev–Trinajstić information content (AvgIpc) is 3.01. The molecule has 1 atom stereocenters. The van der Waals surface area contributed by atoms with Crippen LogP contribution in [-0.2, 0) is 9.59 Å². The Labute approximate surface area is 174 Å². The van der Waals surface area contributed by atoms with Crippen molar-refractivity contribution in [3.8, 4) is 0 Å². The maximum Gasteiger partial charge on any atom is 0.300 e. The summed E-state index contributed by atoms with van der Waals surface area (Å²) in [7, 11) is 0. The number of aromatic nitrogens is 1. The molecule has 4 rings (SSSR count). The minimum atomic E-state index is -1.17. The zero-order valence-corrected chi connectivity index (χ0v) is 16.0. The summed E-state index contributed by atoms with van der Waals surface area (Å²) in [5, 5.41) is 11.2. The second-order valence-electron chi connectivity index (χ2n) is 6.56. The minimum absolute atomic E-state index is 0.0250. The van der Waals surface area contributed by atoms with Gasteiger partial charge in [0.05, 0.1) is 11.6 Å². The number of aliphatic hydroxyl groups is 1. The van der Waals surface area contributed by atoms with Gasteiger partial charge in [-0.1, -0.05) is 23.7 Å². The fourth-order valence-corrected chi connectivity index (χ4v) is 3.58. The number of amides is 1. The van der Waals surface area contributed by atoms with Crippen LogP contribution in [-0.4, -0.2) is 21.8 Å². The molecule has 1 unspecified atom stereocenters. The van der Waals surface area contributed by atoms with E-state index in [1.165, 1.54) is 30.6 Å². The Hall–Kier alpha value is -3.58. The molecule has 1 aliphatic rings. The lowest BCUT2D eigenvalue weighted by Crippen LogP contribution is -2.29. The summed E-state index contributed by atoms with van der Waals surface area (Å²) < 4.78 is 27.3. The van der Waals surface area contributed by atoms with E-state index in [1.54, 1.807) is 24.3 Å². The van der Waals surface area contributed by atoms with Crippen molar-refractivity contribution in [2.45, 2.75) is 6.04 Å². The Morgan fingerprint density at radius 3 is 2.40 bits per heavy atom. The standard InChI is InChI=1S/C22H13ClF2N2O3/c23-14-3-1-2-13(10-14)20(28)18-19(12-6-8-26-9-7-12)27(22(30)21(18)29)15-4-5-16(24)17(25)11-15/h1-11,19,28H/b20-18+. The number of rotatable bonds is 3. The molecule has 1 aliphatic heterocycles. The van der Waals surface area contributed by atoms with Gasteiger partial charge < -0.3 is 5.11 Å².